The first-order valence-corrected chi connectivity index (χ1v) is 6.83. The summed E-state index contributed by atoms with van der Waals surface area (Å²) in [6.07, 6.45) is 1.71. The summed E-state index contributed by atoms with van der Waals surface area (Å²) >= 11 is 3.32. The van der Waals surface area contributed by atoms with Crippen molar-refractivity contribution >= 4 is 21.8 Å². The fraction of sp³-hybridized carbons (Fsp3) is 0.308. The number of amides is 1. The van der Waals surface area contributed by atoms with E-state index in [1.807, 2.05) is 19.1 Å². The van der Waals surface area contributed by atoms with Gasteiger partial charge in [-0.3, -0.25) is 4.79 Å². The molecule has 0 saturated carbocycles. The molecule has 0 spiro atoms. The molecule has 5 nitrogen and oxygen atoms in total. The van der Waals surface area contributed by atoms with Crippen LogP contribution in [-0.4, -0.2) is 16.0 Å². The van der Waals surface area contributed by atoms with E-state index in [0.29, 0.717) is 17.3 Å². The molecular weight excluding hydrogens is 310 g/mol. The summed E-state index contributed by atoms with van der Waals surface area (Å²) in [6, 6.07) is 7.14. The number of nitrogens with one attached hydrogen (secondary N) is 1. The zero-order valence-corrected chi connectivity index (χ0v) is 12.1. The summed E-state index contributed by atoms with van der Waals surface area (Å²) in [5, 5.41) is 6.56. The molecule has 0 atom stereocenters. The Kier molecular flexibility index (Phi) is 4.68. The Morgan fingerprint density at radius 2 is 2.11 bits per heavy atom. The van der Waals surface area contributed by atoms with Crippen LogP contribution in [0.25, 0.3) is 0 Å². The van der Waals surface area contributed by atoms with Gasteiger partial charge in [-0.2, -0.15) is 4.98 Å². The number of carbonyl (C=O) groups excluding carboxylic acids is 1. The van der Waals surface area contributed by atoms with Gasteiger partial charge in [0, 0.05) is 16.5 Å². The maximum atomic E-state index is 11.8. The second-order valence-electron chi connectivity index (χ2n) is 4.04. The maximum Gasteiger partial charge on any atom is 0.251 e. The number of rotatable bonds is 5. The molecule has 100 valence electrons. The van der Waals surface area contributed by atoms with Crippen LogP contribution in [0, 0.1) is 0 Å². The zero-order chi connectivity index (χ0) is 13.7. The topological polar surface area (TPSA) is 68.0 Å². The minimum absolute atomic E-state index is 0.158. The van der Waals surface area contributed by atoms with Crippen molar-refractivity contribution in [2.24, 2.45) is 0 Å². The van der Waals surface area contributed by atoms with Gasteiger partial charge < -0.3 is 9.84 Å². The van der Waals surface area contributed by atoms with Crippen LogP contribution in [0.15, 0.2) is 33.3 Å². The molecule has 1 heterocycles. The van der Waals surface area contributed by atoms with Crippen LogP contribution in [0.4, 0.5) is 0 Å². The van der Waals surface area contributed by atoms with Gasteiger partial charge >= 0.3 is 0 Å². The van der Waals surface area contributed by atoms with E-state index in [2.05, 4.69) is 31.4 Å². The SMILES string of the molecule is CCCc1nc(CNC(=O)c2ccc(Br)cc2)no1. The first-order chi connectivity index (χ1) is 9.19. The van der Waals surface area contributed by atoms with E-state index < -0.39 is 0 Å². The summed E-state index contributed by atoms with van der Waals surface area (Å²) in [5.41, 5.74) is 0.598. The highest BCUT2D eigenvalue weighted by atomic mass is 79.9. The zero-order valence-electron chi connectivity index (χ0n) is 10.5. The van der Waals surface area contributed by atoms with Crippen molar-refractivity contribution in [3.8, 4) is 0 Å². The number of aryl methyl sites for hydroxylation is 1. The van der Waals surface area contributed by atoms with E-state index in [1.54, 1.807) is 12.1 Å². The molecule has 1 N–H and O–H groups in total. The van der Waals surface area contributed by atoms with Crippen molar-refractivity contribution in [2.45, 2.75) is 26.3 Å². The van der Waals surface area contributed by atoms with Gasteiger partial charge in [-0.25, -0.2) is 0 Å². The molecule has 6 heteroatoms. The molecule has 0 aliphatic rings. The van der Waals surface area contributed by atoms with Crippen molar-refractivity contribution in [1.82, 2.24) is 15.5 Å². The average molecular weight is 324 g/mol. The summed E-state index contributed by atoms with van der Waals surface area (Å²) in [5.74, 6) is 0.943. The fourth-order valence-corrected chi connectivity index (χ4v) is 1.80. The molecule has 1 amide bonds. The van der Waals surface area contributed by atoms with Gasteiger partial charge in [-0.15, -0.1) is 0 Å². The molecule has 0 aliphatic heterocycles. The van der Waals surface area contributed by atoms with Gasteiger partial charge in [0.25, 0.3) is 5.91 Å². The fourth-order valence-electron chi connectivity index (χ4n) is 1.54. The molecule has 1 aromatic heterocycles. The Morgan fingerprint density at radius 3 is 2.79 bits per heavy atom. The summed E-state index contributed by atoms with van der Waals surface area (Å²) in [7, 11) is 0. The van der Waals surface area contributed by atoms with Crippen LogP contribution in [0.1, 0.15) is 35.4 Å². The highest BCUT2D eigenvalue weighted by molar-refractivity contribution is 9.10. The van der Waals surface area contributed by atoms with E-state index in [4.69, 9.17) is 4.52 Å². The number of halogens is 1. The number of carbonyl (C=O) groups is 1. The summed E-state index contributed by atoms with van der Waals surface area (Å²) in [6.45, 7) is 2.31. The summed E-state index contributed by atoms with van der Waals surface area (Å²) < 4.78 is 5.98. The van der Waals surface area contributed by atoms with Gasteiger partial charge in [0.2, 0.25) is 5.89 Å². The van der Waals surface area contributed by atoms with Crippen molar-refractivity contribution < 1.29 is 9.32 Å². The molecule has 1 aromatic carbocycles. The highest BCUT2D eigenvalue weighted by Crippen LogP contribution is 2.10. The second kappa shape index (κ2) is 6.47. The van der Waals surface area contributed by atoms with E-state index in [1.165, 1.54) is 0 Å². The molecule has 0 radical (unpaired) electrons. The van der Waals surface area contributed by atoms with E-state index >= 15 is 0 Å². The molecule has 0 aliphatic carbocycles. The smallest absolute Gasteiger partial charge is 0.251 e. The highest BCUT2D eigenvalue weighted by Gasteiger charge is 2.08. The van der Waals surface area contributed by atoms with E-state index in [9.17, 15) is 4.79 Å². The van der Waals surface area contributed by atoms with Gasteiger partial charge in [0.05, 0.1) is 6.54 Å². The summed E-state index contributed by atoms with van der Waals surface area (Å²) in [4.78, 5) is 16.0. The second-order valence-corrected chi connectivity index (χ2v) is 4.96. The quantitative estimate of drug-likeness (QED) is 0.918. The number of hydrogen-bond donors (Lipinski definition) is 1. The number of nitrogens with zero attached hydrogens (tertiary/aromatic N) is 2. The first kappa shape index (κ1) is 13.7. The van der Waals surface area contributed by atoms with Gasteiger partial charge in [0.1, 0.15) is 0 Å². The molecule has 0 unspecified atom stereocenters. The third-order valence-corrected chi connectivity index (χ3v) is 3.02. The number of aromatic nitrogens is 2. The third-order valence-electron chi connectivity index (χ3n) is 2.49. The van der Waals surface area contributed by atoms with Gasteiger partial charge in [-0.1, -0.05) is 28.0 Å². The van der Waals surface area contributed by atoms with Crippen molar-refractivity contribution in [3.05, 3.63) is 46.0 Å². The Bertz CT molecular complexity index is 551. The maximum absolute atomic E-state index is 11.8. The average Bonchev–Trinajstić information content (AvgIpc) is 2.85. The Balaban J connectivity index is 1.90. The molecule has 2 aromatic rings. The first-order valence-electron chi connectivity index (χ1n) is 6.04. The predicted molar refractivity (Wildman–Crippen MR) is 73.6 cm³/mol. The van der Waals surface area contributed by atoms with Gasteiger partial charge in [-0.05, 0) is 30.7 Å². The Labute approximate surface area is 119 Å². The molecule has 2 rings (SSSR count). The Hall–Kier alpha value is -1.69. The van der Waals surface area contributed by atoms with Crippen molar-refractivity contribution in [2.75, 3.05) is 0 Å². The monoisotopic (exact) mass is 323 g/mol. The predicted octanol–water partition coefficient (Wildman–Crippen LogP) is 2.71. The van der Waals surface area contributed by atoms with Crippen LogP contribution >= 0.6 is 15.9 Å². The van der Waals surface area contributed by atoms with E-state index in [0.717, 1.165) is 17.3 Å². The van der Waals surface area contributed by atoms with Gasteiger partial charge in [0.15, 0.2) is 5.82 Å². The molecule has 0 saturated heterocycles. The van der Waals surface area contributed by atoms with Crippen LogP contribution in [0.5, 0.6) is 0 Å². The minimum atomic E-state index is -0.158. The van der Waals surface area contributed by atoms with Crippen molar-refractivity contribution in [3.63, 3.8) is 0 Å². The molecule has 19 heavy (non-hydrogen) atoms. The standard InChI is InChI=1S/C13H14BrN3O2/c1-2-3-12-16-11(17-19-12)8-15-13(18)9-4-6-10(14)7-5-9/h4-7H,2-3,8H2,1H3,(H,15,18). The number of benzene rings is 1. The lowest BCUT2D eigenvalue weighted by Gasteiger charge is -2.02. The van der Waals surface area contributed by atoms with E-state index in [-0.39, 0.29) is 12.5 Å². The molecule has 0 fully saturated rings. The third kappa shape index (κ3) is 3.89. The largest absolute Gasteiger partial charge is 0.345 e. The van der Waals surface area contributed by atoms with Crippen LogP contribution in [0.2, 0.25) is 0 Å². The Morgan fingerprint density at radius 1 is 1.37 bits per heavy atom. The van der Waals surface area contributed by atoms with Crippen LogP contribution < -0.4 is 5.32 Å². The minimum Gasteiger partial charge on any atom is -0.345 e. The van der Waals surface area contributed by atoms with Crippen molar-refractivity contribution in [1.29, 1.82) is 0 Å². The molecular formula is C13H14BrN3O2. The lowest BCUT2D eigenvalue weighted by molar-refractivity contribution is 0.0949. The normalized spacial score (nSPS) is 10.4. The lowest BCUT2D eigenvalue weighted by Crippen LogP contribution is -2.23. The molecule has 0 bridgehead atoms. The lowest BCUT2D eigenvalue weighted by atomic mass is 10.2. The van der Waals surface area contributed by atoms with Crippen LogP contribution in [0.3, 0.4) is 0 Å². The number of hydrogen-bond acceptors (Lipinski definition) is 4. The van der Waals surface area contributed by atoms with Crippen LogP contribution in [-0.2, 0) is 13.0 Å².